The second-order valence-corrected chi connectivity index (χ2v) is 9.13. The van der Waals surface area contributed by atoms with Crippen LogP contribution in [0.3, 0.4) is 0 Å². The molecule has 7 nitrogen and oxygen atoms in total. The third-order valence-electron chi connectivity index (χ3n) is 4.79. The van der Waals surface area contributed by atoms with E-state index in [1.165, 1.54) is 0 Å². The van der Waals surface area contributed by atoms with Crippen LogP contribution in [0.25, 0.3) is 0 Å². The van der Waals surface area contributed by atoms with Crippen LogP contribution >= 0.6 is 0 Å². The van der Waals surface area contributed by atoms with Gasteiger partial charge in [0.15, 0.2) is 5.96 Å². The number of hydrogen-bond donors (Lipinski definition) is 2. The van der Waals surface area contributed by atoms with Crippen molar-refractivity contribution in [2.45, 2.75) is 57.4 Å². The van der Waals surface area contributed by atoms with Crippen molar-refractivity contribution in [3.63, 3.8) is 0 Å². The SMILES string of the molecule is CCCCOCCCNC(=NCc1ccc(S(=O)(=O)N2CCCC2)cc1)NCC. The Labute approximate surface area is 176 Å². The van der Waals surface area contributed by atoms with E-state index < -0.39 is 10.0 Å². The number of sulfonamides is 1. The van der Waals surface area contributed by atoms with E-state index in [1.807, 2.05) is 19.1 Å². The summed E-state index contributed by atoms with van der Waals surface area (Å²) in [7, 11) is -3.36. The lowest BCUT2D eigenvalue weighted by molar-refractivity contribution is 0.129. The number of ether oxygens (including phenoxy) is 1. The van der Waals surface area contributed by atoms with Crippen molar-refractivity contribution in [2.24, 2.45) is 4.99 Å². The molecule has 0 unspecified atom stereocenters. The number of guanidine groups is 1. The van der Waals surface area contributed by atoms with Crippen LogP contribution in [0.4, 0.5) is 0 Å². The summed E-state index contributed by atoms with van der Waals surface area (Å²) in [5.41, 5.74) is 0.977. The Bertz CT molecular complexity index is 714. The first-order valence-electron chi connectivity index (χ1n) is 10.8. The standard InChI is InChI=1S/C21H36N4O3S/c1-3-5-16-28-17-8-13-23-21(22-4-2)24-18-19-9-11-20(12-10-19)29(26,27)25-14-6-7-15-25/h9-12H,3-8,13-18H2,1-2H3,(H2,22,23,24). The fourth-order valence-corrected chi connectivity index (χ4v) is 4.60. The summed E-state index contributed by atoms with van der Waals surface area (Å²) in [6, 6.07) is 7.06. The van der Waals surface area contributed by atoms with Crippen LogP contribution < -0.4 is 10.6 Å². The second-order valence-electron chi connectivity index (χ2n) is 7.20. The molecule has 1 aromatic rings. The van der Waals surface area contributed by atoms with Gasteiger partial charge in [0, 0.05) is 39.4 Å². The quantitative estimate of drug-likeness (QED) is 0.306. The van der Waals surface area contributed by atoms with E-state index in [0.717, 1.165) is 69.9 Å². The summed E-state index contributed by atoms with van der Waals surface area (Å²) in [6.45, 7) is 9.08. The van der Waals surface area contributed by atoms with Crippen LogP contribution in [0.5, 0.6) is 0 Å². The number of unbranched alkanes of at least 4 members (excludes halogenated alkanes) is 1. The molecule has 2 rings (SSSR count). The minimum Gasteiger partial charge on any atom is -0.381 e. The third kappa shape index (κ3) is 7.95. The zero-order chi connectivity index (χ0) is 21.0. The van der Waals surface area contributed by atoms with Gasteiger partial charge in [-0.2, -0.15) is 4.31 Å². The van der Waals surface area contributed by atoms with Crippen molar-refractivity contribution in [3.8, 4) is 0 Å². The van der Waals surface area contributed by atoms with E-state index in [-0.39, 0.29) is 0 Å². The van der Waals surface area contributed by atoms with Gasteiger partial charge >= 0.3 is 0 Å². The van der Waals surface area contributed by atoms with Gasteiger partial charge in [0.2, 0.25) is 10.0 Å². The van der Waals surface area contributed by atoms with Crippen LogP contribution in [-0.2, 0) is 21.3 Å². The zero-order valence-corrected chi connectivity index (χ0v) is 18.6. The van der Waals surface area contributed by atoms with Crippen molar-refractivity contribution >= 4 is 16.0 Å². The van der Waals surface area contributed by atoms with Gasteiger partial charge in [0.05, 0.1) is 11.4 Å². The predicted octanol–water partition coefficient (Wildman–Crippen LogP) is 2.73. The average Bonchev–Trinajstić information content (AvgIpc) is 3.27. The molecular weight excluding hydrogens is 388 g/mol. The molecule has 8 heteroatoms. The van der Waals surface area contributed by atoms with E-state index in [1.54, 1.807) is 16.4 Å². The van der Waals surface area contributed by atoms with Crippen molar-refractivity contribution in [3.05, 3.63) is 29.8 Å². The Kier molecular flexibility index (Phi) is 10.5. The Morgan fingerprint density at radius 2 is 1.76 bits per heavy atom. The summed E-state index contributed by atoms with van der Waals surface area (Å²) in [4.78, 5) is 4.96. The molecule has 29 heavy (non-hydrogen) atoms. The van der Waals surface area contributed by atoms with Crippen molar-refractivity contribution in [2.75, 3.05) is 39.4 Å². The van der Waals surface area contributed by atoms with Crippen molar-refractivity contribution in [1.29, 1.82) is 0 Å². The number of rotatable bonds is 12. The molecule has 1 heterocycles. The molecule has 1 fully saturated rings. The smallest absolute Gasteiger partial charge is 0.243 e. The van der Waals surface area contributed by atoms with Gasteiger partial charge in [-0.3, -0.25) is 0 Å². The highest BCUT2D eigenvalue weighted by molar-refractivity contribution is 7.89. The fraction of sp³-hybridized carbons (Fsp3) is 0.667. The van der Waals surface area contributed by atoms with Crippen LogP contribution in [0, 0.1) is 0 Å². The maximum absolute atomic E-state index is 12.6. The van der Waals surface area contributed by atoms with Gasteiger partial charge < -0.3 is 15.4 Å². The van der Waals surface area contributed by atoms with Crippen molar-refractivity contribution in [1.82, 2.24) is 14.9 Å². The minimum absolute atomic E-state index is 0.361. The average molecular weight is 425 g/mol. The first-order valence-corrected chi connectivity index (χ1v) is 12.2. The van der Waals surface area contributed by atoms with Crippen molar-refractivity contribution < 1.29 is 13.2 Å². The van der Waals surface area contributed by atoms with Gasteiger partial charge in [-0.05, 0) is 50.3 Å². The lowest BCUT2D eigenvalue weighted by Crippen LogP contribution is -2.38. The minimum atomic E-state index is -3.36. The van der Waals surface area contributed by atoms with E-state index >= 15 is 0 Å². The highest BCUT2D eigenvalue weighted by atomic mass is 32.2. The van der Waals surface area contributed by atoms with E-state index in [4.69, 9.17) is 4.74 Å². The molecule has 0 amide bonds. The van der Waals surface area contributed by atoms with Gasteiger partial charge in [-0.15, -0.1) is 0 Å². The molecule has 0 aromatic heterocycles. The fourth-order valence-electron chi connectivity index (χ4n) is 3.09. The number of nitrogens with one attached hydrogen (secondary N) is 2. The van der Waals surface area contributed by atoms with Crippen LogP contribution in [0.15, 0.2) is 34.2 Å². The van der Waals surface area contributed by atoms with Crippen LogP contribution in [-0.4, -0.2) is 58.1 Å². The molecule has 0 atom stereocenters. The molecule has 1 aliphatic rings. The van der Waals surface area contributed by atoms with Gasteiger partial charge in [0.1, 0.15) is 0 Å². The van der Waals surface area contributed by atoms with E-state index in [2.05, 4.69) is 22.5 Å². The second kappa shape index (κ2) is 12.8. The molecule has 0 spiro atoms. The summed E-state index contributed by atoms with van der Waals surface area (Å²) >= 11 is 0. The Hall–Kier alpha value is -1.64. The first kappa shape index (κ1) is 23.6. The predicted molar refractivity (Wildman–Crippen MR) is 118 cm³/mol. The highest BCUT2D eigenvalue weighted by Gasteiger charge is 2.26. The number of benzene rings is 1. The Morgan fingerprint density at radius 1 is 1.07 bits per heavy atom. The van der Waals surface area contributed by atoms with Crippen LogP contribution in [0.2, 0.25) is 0 Å². The van der Waals surface area contributed by atoms with Gasteiger partial charge in [0.25, 0.3) is 0 Å². The van der Waals surface area contributed by atoms with Gasteiger partial charge in [-0.1, -0.05) is 25.5 Å². The normalized spacial score (nSPS) is 15.6. The van der Waals surface area contributed by atoms with E-state index in [9.17, 15) is 8.42 Å². The third-order valence-corrected chi connectivity index (χ3v) is 6.70. The first-order chi connectivity index (χ1) is 14.1. The van der Waals surface area contributed by atoms with Crippen LogP contribution in [0.1, 0.15) is 51.5 Å². The number of hydrogen-bond acceptors (Lipinski definition) is 4. The summed E-state index contributed by atoms with van der Waals surface area (Å²) in [5.74, 6) is 0.759. The van der Waals surface area contributed by atoms with E-state index in [0.29, 0.717) is 24.5 Å². The molecular formula is C21H36N4O3S. The number of nitrogens with zero attached hydrogens (tertiary/aromatic N) is 2. The monoisotopic (exact) mass is 424 g/mol. The zero-order valence-electron chi connectivity index (χ0n) is 17.8. The van der Waals surface area contributed by atoms with Gasteiger partial charge in [-0.25, -0.2) is 13.4 Å². The maximum atomic E-state index is 12.6. The molecule has 164 valence electrons. The molecule has 0 aliphatic carbocycles. The molecule has 0 bridgehead atoms. The molecule has 0 radical (unpaired) electrons. The molecule has 0 saturated carbocycles. The lowest BCUT2D eigenvalue weighted by Gasteiger charge is -2.15. The summed E-state index contributed by atoms with van der Waals surface area (Å²) in [5, 5.41) is 6.54. The molecule has 1 saturated heterocycles. The topological polar surface area (TPSA) is 83.0 Å². The molecule has 1 aliphatic heterocycles. The Morgan fingerprint density at radius 3 is 2.41 bits per heavy atom. The molecule has 1 aromatic carbocycles. The lowest BCUT2D eigenvalue weighted by atomic mass is 10.2. The Balaban J connectivity index is 1.83. The number of aliphatic imine (C=N–C) groups is 1. The maximum Gasteiger partial charge on any atom is 0.243 e. The highest BCUT2D eigenvalue weighted by Crippen LogP contribution is 2.21. The summed E-state index contributed by atoms with van der Waals surface area (Å²) < 4.78 is 32.3. The largest absolute Gasteiger partial charge is 0.381 e. The molecule has 2 N–H and O–H groups in total. The summed E-state index contributed by atoms with van der Waals surface area (Å²) in [6.07, 6.45) is 5.07.